The molecule has 0 saturated carbocycles. The molecule has 0 aromatic heterocycles. The van der Waals surface area contributed by atoms with E-state index in [0.717, 1.165) is 0 Å². The highest BCUT2D eigenvalue weighted by Crippen LogP contribution is 2.16. The van der Waals surface area contributed by atoms with Crippen LogP contribution in [0.3, 0.4) is 0 Å². The molecule has 0 amide bonds. The third-order valence-corrected chi connectivity index (χ3v) is 1.69. The Morgan fingerprint density at radius 3 is 2.79 bits per heavy atom. The summed E-state index contributed by atoms with van der Waals surface area (Å²) < 4.78 is 4.93. The third kappa shape index (κ3) is 2.49. The topological polar surface area (TPSA) is 70.3 Å². The summed E-state index contributed by atoms with van der Waals surface area (Å²) in [6, 6.07) is 6.65. The quantitative estimate of drug-likeness (QED) is 0.779. The number of carbonyl (C=O) groups is 1. The maximum atomic E-state index is 10.4. The molecule has 0 spiro atoms. The smallest absolute Gasteiger partial charge is 0.307 e. The third-order valence-electron chi connectivity index (χ3n) is 1.69. The molecule has 0 bridgehead atoms. The Morgan fingerprint density at radius 1 is 1.57 bits per heavy atom. The van der Waals surface area contributed by atoms with Gasteiger partial charge in [-0.05, 0) is 23.8 Å². The van der Waals surface area contributed by atoms with Crippen molar-refractivity contribution < 1.29 is 14.6 Å². The van der Waals surface area contributed by atoms with Crippen molar-refractivity contribution in [1.29, 1.82) is 5.26 Å². The largest absolute Gasteiger partial charge is 0.497 e. The molecular formula is C10H9NO3. The van der Waals surface area contributed by atoms with E-state index in [0.29, 0.717) is 16.9 Å². The van der Waals surface area contributed by atoms with Crippen LogP contribution in [0.15, 0.2) is 18.2 Å². The predicted molar refractivity (Wildman–Crippen MR) is 49.0 cm³/mol. The van der Waals surface area contributed by atoms with Crippen LogP contribution in [0.1, 0.15) is 11.1 Å². The number of benzene rings is 1. The molecule has 4 nitrogen and oxygen atoms in total. The van der Waals surface area contributed by atoms with Crippen molar-refractivity contribution in [3.8, 4) is 11.8 Å². The average Bonchev–Trinajstić information content (AvgIpc) is 2.16. The monoisotopic (exact) mass is 191 g/mol. The van der Waals surface area contributed by atoms with Gasteiger partial charge in [0.05, 0.1) is 25.2 Å². The summed E-state index contributed by atoms with van der Waals surface area (Å²) in [5, 5.41) is 17.2. The van der Waals surface area contributed by atoms with Gasteiger partial charge in [0.2, 0.25) is 0 Å². The zero-order valence-corrected chi connectivity index (χ0v) is 7.65. The Bertz CT molecular complexity index is 393. The van der Waals surface area contributed by atoms with Crippen molar-refractivity contribution in [3.63, 3.8) is 0 Å². The van der Waals surface area contributed by atoms with Gasteiger partial charge < -0.3 is 9.84 Å². The Morgan fingerprint density at radius 2 is 2.29 bits per heavy atom. The molecule has 14 heavy (non-hydrogen) atoms. The number of methoxy groups -OCH3 is 1. The maximum absolute atomic E-state index is 10.4. The van der Waals surface area contributed by atoms with Crippen molar-refractivity contribution in [2.24, 2.45) is 0 Å². The van der Waals surface area contributed by atoms with E-state index in [4.69, 9.17) is 15.1 Å². The number of carboxylic acid groups (broad SMARTS) is 1. The van der Waals surface area contributed by atoms with E-state index >= 15 is 0 Å². The second kappa shape index (κ2) is 4.28. The summed E-state index contributed by atoms with van der Waals surface area (Å²) in [5.74, 6) is -0.428. The van der Waals surface area contributed by atoms with Gasteiger partial charge >= 0.3 is 5.97 Å². The van der Waals surface area contributed by atoms with Crippen LogP contribution in [0.25, 0.3) is 0 Å². The van der Waals surface area contributed by atoms with Gasteiger partial charge in [0.15, 0.2) is 0 Å². The molecule has 0 aliphatic carbocycles. The number of nitriles is 1. The molecule has 0 atom stereocenters. The molecule has 0 unspecified atom stereocenters. The minimum atomic E-state index is -0.929. The Hall–Kier alpha value is -2.02. The highest BCUT2D eigenvalue weighted by molar-refractivity contribution is 5.70. The SMILES string of the molecule is COc1cc(C#N)cc(CC(=O)O)c1. The van der Waals surface area contributed by atoms with Gasteiger partial charge in [-0.25, -0.2) is 0 Å². The molecule has 1 aromatic rings. The number of aliphatic carboxylic acids is 1. The first-order chi connectivity index (χ1) is 6.65. The first kappa shape index (κ1) is 10.1. The summed E-state index contributed by atoms with van der Waals surface area (Å²) in [7, 11) is 1.47. The molecule has 0 aliphatic rings. The lowest BCUT2D eigenvalue weighted by atomic mass is 10.1. The molecule has 0 aliphatic heterocycles. The summed E-state index contributed by atoms with van der Waals surface area (Å²) in [6.07, 6.45) is -0.105. The molecule has 1 rings (SSSR count). The number of carboxylic acids is 1. The summed E-state index contributed by atoms with van der Waals surface area (Å²) in [6.45, 7) is 0. The summed E-state index contributed by atoms with van der Waals surface area (Å²) >= 11 is 0. The number of ether oxygens (including phenoxy) is 1. The van der Waals surface area contributed by atoms with Gasteiger partial charge in [0.25, 0.3) is 0 Å². The predicted octanol–water partition coefficient (Wildman–Crippen LogP) is 1.19. The fourth-order valence-electron chi connectivity index (χ4n) is 1.12. The van der Waals surface area contributed by atoms with Gasteiger partial charge in [0.1, 0.15) is 5.75 Å². The first-order valence-electron chi connectivity index (χ1n) is 3.95. The van der Waals surface area contributed by atoms with E-state index < -0.39 is 5.97 Å². The maximum Gasteiger partial charge on any atom is 0.307 e. The molecule has 72 valence electrons. The van der Waals surface area contributed by atoms with Crippen molar-refractivity contribution in [1.82, 2.24) is 0 Å². The molecular weight excluding hydrogens is 182 g/mol. The number of nitrogens with zero attached hydrogens (tertiary/aromatic N) is 1. The molecule has 0 radical (unpaired) electrons. The molecule has 4 heteroatoms. The summed E-state index contributed by atoms with van der Waals surface area (Å²) in [5.41, 5.74) is 0.967. The van der Waals surface area contributed by atoms with E-state index in [-0.39, 0.29) is 6.42 Å². The standard InChI is InChI=1S/C10H9NO3/c1-14-9-3-7(5-10(12)13)2-8(4-9)6-11/h2-4H,5H2,1H3,(H,12,13). The van der Waals surface area contributed by atoms with E-state index in [1.807, 2.05) is 6.07 Å². The van der Waals surface area contributed by atoms with Crippen LogP contribution in [0.5, 0.6) is 5.75 Å². The first-order valence-corrected chi connectivity index (χ1v) is 3.95. The van der Waals surface area contributed by atoms with Crippen LogP contribution in [0.4, 0.5) is 0 Å². The van der Waals surface area contributed by atoms with E-state index in [1.165, 1.54) is 13.2 Å². The van der Waals surface area contributed by atoms with Crippen LogP contribution in [-0.4, -0.2) is 18.2 Å². The number of hydrogen-bond acceptors (Lipinski definition) is 3. The van der Waals surface area contributed by atoms with Crippen molar-refractivity contribution in [3.05, 3.63) is 29.3 Å². The van der Waals surface area contributed by atoms with Gasteiger partial charge in [-0.2, -0.15) is 5.26 Å². The molecule has 1 aromatic carbocycles. The highest BCUT2D eigenvalue weighted by Gasteiger charge is 2.04. The van der Waals surface area contributed by atoms with Crippen LogP contribution < -0.4 is 4.74 Å². The van der Waals surface area contributed by atoms with Crippen LogP contribution in [0.2, 0.25) is 0 Å². The van der Waals surface area contributed by atoms with Crippen molar-refractivity contribution in [2.75, 3.05) is 7.11 Å². The molecule has 0 fully saturated rings. The highest BCUT2D eigenvalue weighted by atomic mass is 16.5. The van der Waals surface area contributed by atoms with Gasteiger partial charge in [-0.1, -0.05) is 0 Å². The van der Waals surface area contributed by atoms with E-state index in [2.05, 4.69) is 0 Å². The zero-order valence-electron chi connectivity index (χ0n) is 7.65. The van der Waals surface area contributed by atoms with E-state index in [9.17, 15) is 4.79 Å². The van der Waals surface area contributed by atoms with Crippen LogP contribution in [0, 0.1) is 11.3 Å². The minimum absolute atomic E-state index is 0.105. The van der Waals surface area contributed by atoms with Crippen molar-refractivity contribution >= 4 is 5.97 Å². The fourth-order valence-corrected chi connectivity index (χ4v) is 1.12. The second-order valence-electron chi connectivity index (χ2n) is 2.75. The van der Waals surface area contributed by atoms with Crippen LogP contribution >= 0.6 is 0 Å². The summed E-state index contributed by atoms with van der Waals surface area (Å²) in [4.78, 5) is 10.4. The zero-order chi connectivity index (χ0) is 10.6. The number of hydrogen-bond donors (Lipinski definition) is 1. The molecule has 1 N–H and O–H groups in total. The van der Waals surface area contributed by atoms with Gasteiger partial charge in [-0.15, -0.1) is 0 Å². The second-order valence-corrected chi connectivity index (χ2v) is 2.75. The minimum Gasteiger partial charge on any atom is -0.497 e. The Labute approximate surface area is 81.4 Å². The van der Waals surface area contributed by atoms with Crippen LogP contribution in [-0.2, 0) is 11.2 Å². The lowest BCUT2D eigenvalue weighted by Gasteiger charge is -2.03. The van der Waals surface area contributed by atoms with Crippen molar-refractivity contribution in [2.45, 2.75) is 6.42 Å². The van der Waals surface area contributed by atoms with Gasteiger partial charge in [0, 0.05) is 0 Å². The Kier molecular flexibility index (Phi) is 3.08. The Balaban J connectivity index is 3.05. The fraction of sp³-hybridized carbons (Fsp3) is 0.200. The molecule has 0 heterocycles. The lowest BCUT2D eigenvalue weighted by Crippen LogP contribution is -2.00. The number of rotatable bonds is 3. The molecule has 0 saturated heterocycles. The van der Waals surface area contributed by atoms with E-state index in [1.54, 1.807) is 12.1 Å². The lowest BCUT2D eigenvalue weighted by molar-refractivity contribution is -0.136. The normalized spacial score (nSPS) is 9.14. The average molecular weight is 191 g/mol. The van der Waals surface area contributed by atoms with Gasteiger partial charge in [-0.3, -0.25) is 4.79 Å².